The van der Waals surface area contributed by atoms with E-state index in [1.54, 1.807) is 14.2 Å². The summed E-state index contributed by atoms with van der Waals surface area (Å²) in [7, 11) is 1.19. The molecule has 11 heteroatoms. The molecule has 0 saturated heterocycles. The van der Waals surface area contributed by atoms with Crippen LogP contribution in [0.5, 0.6) is 11.5 Å². The SMILES string of the molecule is COc1cc(C(C)=NS(=O)C(C)(C)C)ccc1Br.COc1cc(C(C)CS(=O)C(C)(C)C)ccc1Br.[B].[H-].[Na+]. The van der Waals surface area contributed by atoms with Crippen LogP contribution in [0.2, 0.25) is 0 Å². The van der Waals surface area contributed by atoms with Gasteiger partial charge in [-0.3, -0.25) is 4.21 Å². The van der Waals surface area contributed by atoms with Crippen LogP contribution in [0.1, 0.15) is 73.9 Å². The van der Waals surface area contributed by atoms with Crippen molar-refractivity contribution in [1.82, 2.24) is 0 Å². The summed E-state index contributed by atoms with van der Waals surface area (Å²) in [6.07, 6.45) is 0. The van der Waals surface area contributed by atoms with Gasteiger partial charge in [-0.05, 0) is 116 Å². The second-order valence-electron chi connectivity index (χ2n) is 10.3. The molecule has 0 aliphatic carbocycles. The first-order valence-corrected chi connectivity index (χ1v) is 15.6. The standard InChI is InChI=1S/C14H21BrO2S.C13H18BrNO2S.B.Na.H/c1-10(9-18(16)14(2,3)4)11-6-7-12(15)13(8-11)17-5;1-9(15-18(16)13(2,3)4)10-6-7-11(14)12(8-10)17-5;;;/h6-8,10H,9H2,1-5H3;6-8H,1-5H3;;;/q;;;+1;-1. The third kappa shape index (κ3) is 13.1. The molecule has 207 valence electrons. The van der Waals surface area contributed by atoms with Crippen molar-refractivity contribution in [3.63, 3.8) is 0 Å². The molecule has 0 heterocycles. The average molecular weight is 700 g/mol. The number of nitrogens with zero attached hydrogens (tertiary/aromatic N) is 1. The molecular weight excluding hydrogens is 660 g/mol. The Kier molecular flexibility index (Phi) is 18.8. The molecule has 3 unspecified atom stereocenters. The van der Waals surface area contributed by atoms with Crippen LogP contribution in [0.25, 0.3) is 0 Å². The van der Waals surface area contributed by atoms with Crippen molar-refractivity contribution in [2.45, 2.75) is 70.8 Å². The first-order valence-electron chi connectivity index (χ1n) is 11.5. The molecule has 0 aromatic heterocycles. The van der Waals surface area contributed by atoms with Gasteiger partial charge >= 0.3 is 29.6 Å². The molecule has 0 saturated carbocycles. The first kappa shape index (κ1) is 40.2. The van der Waals surface area contributed by atoms with Crippen LogP contribution in [0, 0.1) is 0 Å². The quantitative estimate of drug-likeness (QED) is 0.314. The molecule has 38 heavy (non-hydrogen) atoms. The Morgan fingerprint density at radius 1 is 0.921 bits per heavy atom. The Morgan fingerprint density at radius 2 is 1.39 bits per heavy atom. The van der Waals surface area contributed by atoms with Crippen LogP contribution in [0.3, 0.4) is 0 Å². The number of hydrogen-bond donors (Lipinski definition) is 0. The summed E-state index contributed by atoms with van der Waals surface area (Å²) >= 11 is 6.83. The van der Waals surface area contributed by atoms with Gasteiger partial charge in [-0.2, -0.15) is 4.40 Å². The van der Waals surface area contributed by atoms with E-state index in [2.05, 4.69) is 49.2 Å². The zero-order valence-electron chi connectivity index (χ0n) is 25.5. The number of benzene rings is 2. The first-order chi connectivity index (χ1) is 16.5. The largest absolute Gasteiger partial charge is 1.00 e. The van der Waals surface area contributed by atoms with Crippen LogP contribution in [0.4, 0.5) is 0 Å². The molecule has 2 aromatic rings. The summed E-state index contributed by atoms with van der Waals surface area (Å²) < 4.78 is 40.2. The number of hydrogen-bond acceptors (Lipinski definition) is 4. The minimum Gasteiger partial charge on any atom is -1.00 e. The fourth-order valence-corrected chi connectivity index (χ4v) is 5.35. The maximum Gasteiger partial charge on any atom is 1.00 e. The van der Waals surface area contributed by atoms with Gasteiger partial charge in [-0.15, -0.1) is 0 Å². The molecule has 0 amide bonds. The molecule has 0 aliphatic rings. The van der Waals surface area contributed by atoms with E-state index in [1.807, 2.05) is 78.8 Å². The monoisotopic (exact) mass is 698 g/mol. The summed E-state index contributed by atoms with van der Waals surface area (Å²) in [4.78, 5) is 0. The van der Waals surface area contributed by atoms with Crippen LogP contribution in [0.15, 0.2) is 49.7 Å². The molecule has 2 aromatic carbocycles. The van der Waals surface area contributed by atoms with Gasteiger partial charge < -0.3 is 10.9 Å². The molecule has 3 atom stereocenters. The minimum atomic E-state index is -1.25. The number of halogens is 2. The van der Waals surface area contributed by atoms with Gasteiger partial charge in [0, 0.05) is 35.3 Å². The summed E-state index contributed by atoms with van der Waals surface area (Å²) in [6.45, 7) is 15.7. The van der Waals surface area contributed by atoms with Gasteiger partial charge in [0.1, 0.15) is 22.5 Å². The minimum absolute atomic E-state index is 0. The zero-order chi connectivity index (χ0) is 27.8. The van der Waals surface area contributed by atoms with Crippen LogP contribution < -0.4 is 39.0 Å². The molecule has 0 N–H and O–H groups in total. The van der Waals surface area contributed by atoms with E-state index in [0.717, 1.165) is 37.3 Å². The fraction of sp³-hybridized carbons (Fsp3) is 0.519. The van der Waals surface area contributed by atoms with E-state index >= 15 is 0 Å². The molecule has 5 nitrogen and oxygen atoms in total. The Bertz CT molecular complexity index is 1130. The predicted octanol–water partition coefficient (Wildman–Crippen LogP) is 4.57. The number of methoxy groups -OCH3 is 2. The maximum absolute atomic E-state index is 12.1. The molecule has 2 rings (SSSR count). The molecular formula is C27H40BBr2NNaO4S2. The Labute approximate surface area is 277 Å². The molecule has 0 aliphatic heterocycles. The van der Waals surface area contributed by atoms with Crippen LogP contribution in [-0.4, -0.2) is 52.0 Å². The molecule has 0 fully saturated rings. The summed E-state index contributed by atoms with van der Waals surface area (Å²) in [6, 6.07) is 11.7. The van der Waals surface area contributed by atoms with Gasteiger partial charge in [-0.1, -0.05) is 19.1 Å². The fourth-order valence-electron chi connectivity index (χ4n) is 2.76. The zero-order valence-corrected chi connectivity index (χ0v) is 31.3. The Morgan fingerprint density at radius 3 is 1.84 bits per heavy atom. The van der Waals surface area contributed by atoms with Crippen molar-refractivity contribution in [3.05, 3.63) is 56.5 Å². The van der Waals surface area contributed by atoms with Crippen LogP contribution in [-0.2, 0) is 21.8 Å². The van der Waals surface area contributed by atoms with E-state index in [1.165, 1.54) is 0 Å². The molecule has 0 bridgehead atoms. The summed E-state index contributed by atoms with van der Waals surface area (Å²) in [5.41, 5.74) is 2.81. The maximum atomic E-state index is 12.1. The summed E-state index contributed by atoms with van der Waals surface area (Å²) in [5.74, 6) is 2.49. The van der Waals surface area contributed by atoms with Crippen molar-refractivity contribution >= 4 is 67.8 Å². The van der Waals surface area contributed by atoms with Crippen LogP contribution >= 0.6 is 31.9 Å². The van der Waals surface area contributed by atoms with Crippen molar-refractivity contribution in [3.8, 4) is 11.5 Å². The average Bonchev–Trinajstić information content (AvgIpc) is 2.78. The third-order valence-electron chi connectivity index (χ3n) is 5.14. The molecule has 3 radical (unpaired) electrons. The Balaban J connectivity index is -0.000000617. The second kappa shape index (κ2) is 17.8. The smallest absolute Gasteiger partial charge is 1.00 e. The second-order valence-corrected chi connectivity index (χ2v) is 16.2. The van der Waals surface area contributed by atoms with Gasteiger partial charge in [-0.25, -0.2) is 4.21 Å². The Hall–Kier alpha value is 0.0349. The number of rotatable bonds is 7. The van der Waals surface area contributed by atoms with Crippen molar-refractivity contribution in [2.24, 2.45) is 4.40 Å². The van der Waals surface area contributed by atoms with E-state index in [0.29, 0.717) is 5.75 Å². The third-order valence-corrected chi connectivity index (χ3v) is 10.1. The summed E-state index contributed by atoms with van der Waals surface area (Å²) in [5, 5.41) is 0. The van der Waals surface area contributed by atoms with Crippen molar-refractivity contribution in [2.75, 3.05) is 20.0 Å². The van der Waals surface area contributed by atoms with E-state index < -0.39 is 21.8 Å². The normalized spacial score (nSPS) is 14.1. The number of ether oxygens (including phenoxy) is 2. The topological polar surface area (TPSA) is 65.0 Å². The predicted molar refractivity (Wildman–Crippen MR) is 170 cm³/mol. The molecule has 0 spiro atoms. The van der Waals surface area contributed by atoms with E-state index in [9.17, 15) is 8.42 Å². The van der Waals surface area contributed by atoms with Gasteiger partial charge in [0.15, 0.2) is 0 Å². The van der Waals surface area contributed by atoms with Gasteiger partial charge in [0.05, 0.1) is 33.6 Å². The van der Waals surface area contributed by atoms with Crippen molar-refractivity contribution in [1.29, 1.82) is 0 Å². The van der Waals surface area contributed by atoms with Gasteiger partial charge in [0.2, 0.25) is 0 Å². The van der Waals surface area contributed by atoms with Crippen molar-refractivity contribution < 1.29 is 48.9 Å². The van der Waals surface area contributed by atoms with E-state index in [4.69, 9.17) is 9.47 Å². The van der Waals surface area contributed by atoms with Gasteiger partial charge in [0.25, 0.3) is 0 Å². The van der Waals surface area contributed by atoms with E-state index in [-0.39, 0.29) is 54.8 Å².